The Morgan fingerprint density at radius 2 is 0.848 bits per heavy atom. The van der Waals surface area contributed by atoms with Crippen LogP contribution in [0.4, 0.5) is 0 Å². The van der Waals surface area contributed by atoms with E-state index in [2.05, 4.69) is 59.7 Å². The standard InChI is InChI=1S/C13H20BNO2S.C12H24B2O4.C7H8BrNS/c1-9-10(7-8-11(15-9)18-6)14-16-12(2,3)13(4,5)17-14;1-9(2)10(3,4)16-13(15-9)14-17-11(5,6)12(7,8)18-14;1-5-6(8)3-4-7(9-5)10-2/h7-8H,1-6H3;1-8H3;3-4H,1-2H3. The summed E-state index contributed by atoms with van der Waals surface area (Å²) in [6, 6.07) is 8.09. The van der Waals surface area contributed by atoms with Gasteiger partial charge in [0.25, 0.3) is 0 Å². The summed E-state index contributed by atoms with van der Waals surface area (Å²) in [7, 11) is -1.27. The molecule has 0 aromatic carbocycles. The lowest BCUT2D eigenvalue weighted by atomic mass is 9.49. The highest BCUT2D eigenvalue weighted by atomic mass is 79.9. The highest BCUT2D eigenvalue weighted by molar-refractivity contribution is 9.10. The molecule has 2 aromatic heterocycles. The van der Waals surface area contributed by atoms with E-state index in [1.807, 2.05) is 99.9 Å². The molecule has 3 fully saturated rings. The zero-order chi connectivity index (χ0) is 35.1. The number of aromatic nitrogens is 2. The predicted molar refractivity (Wildman–Crippen MR) is 197 cm³/mol. The van der Waals surface area contributed by atoms with Crippen molar-refractivity contribution >= 4 is 66.1 Å². The van der Waals surface area contributed by atoms with E-state index >= 15 is 0 Å². The third kappa shape index (κ3) is 8.77. The van der Waals surface area contributed by atoms with Gasteiger partial charge in [0.15, 0.2) is 0 Å². The first-order valence-electron chi connectivity index (χ1n) is 15.6. The Bertz CT molecular complexity index is 1300. The maximum atomic E-state index is 6.04. The maximum absolute atomic E-state index is 6.04. The van der Waals surface area contributed by atoms with Crippen molar-refractivity contribution in [3.05, 3.63) is 40.1 Å². The minimum atomic E-state index is -0.476. The molecule has 14 heteroatoms. The molecule has 2 aromatic rings. The lowest BCUT2D eigenvalue weighted by Crippen LogP contribution is -2.41. The van der Waals surface area contributed by atoms with Gasteiger partial charge in [-0.2, -0.15) is 0 Å². The van der Waals surface area contributed by atoms with Crippen LogP contribution < -0.4 is 5.46 Å². The van der Waals surface area contributed by atoms with Crippen LogP contribution >= 0.6 is 39.5 Å². The Hall–Kier alpha value is -0.565. The number of nitrogens with zero attached hydrogens (tertiary/aromatic N) is 2. The molecule has 0 saturated carbocycles. The molecule has 0 bridgehead atoms. The number of rotatable bonds is 4. The second-order valence-electron chi connectivity index (χ2n) is 14.8. The van der Waals surface area contributed by atoms with Crippen LogP contribution in [-0.4, -0.2) is 77.2 Å². The number of hydrogen-bond acceptors (Lipinski definition) is 10. The van der Waals surface area contributed by atoms with E-state index in [0.29, 0.717) is 0 Å². The van der Waals surface area contributed by atoms with Crippen molar-refractivity contribution in [2.75, 3.05) is 12.5 Å². The fraction of sp³-hybridized carbons (Fsp3) is 0.688. The molecule has 3 saturated heterocycles. The van der Waals surface area contributed by atoms with Gasteiger partial charge in [0, 0.05) is 15.6 Å². The van der Waals surface area contributed by atoms with Crippen molar-refractivity contribution in [3.63, 3.8) is 0 Å². The van der Waals surface area contributed by atoms with E-state index < -0.39 is 14.0 Å². The number of thioether (sulfide) groups is 2. The first kappa shape index (κ1) is 39.9. The van der Waals surface area contributed by atoms with E-state index in [1.165, 1.54) is 0 Å². The average Bonchev–Trinajstić information content (AvgIpc) is 3.39. The molecule has 8 nitrogen and oxygen atoms in total. The summed E-state index contributed by atoms with van der Waals surface area (Å²) in [4.78, 5) is 8.84. The van der Waals surface area contributed by atoms with E-state index in [-0.39, 0.29) is 40.7 Å². The van der Waals surface area contributed by atoms with E-state index in [0.717, 1.165) is 31.4 Å². The number of pyridine rings is 2. The Kier molecular flexibility index (Phi) is 12.4. The van der Waals surface area contributed by atoms with Crippen LogP contribution in [0.15, 0.2) is 38.8 Å². The van der Waals surface area contributed by atoms with E-state index in [4.69, 9.17) is 27.9 Å². The fourth-order valence-corrected chi connectivity index (χ4v) is 5.60. The van der Waals surface area contributed by atoms with Gasteiger partial charge in [-0.3, -0.25) is 0 Å². The van der Waals surface area contributed by atoms with Crippen molar-refractivity contribution in [2.24, 2.45) is 0 Å². The van der Waals surface area contributed by atoms with Gasteiger partial charge in [-0.15, -0.1) is 23.5 Å². The molecule has 0 unspecified atom stereocenters. The molecule has 254 valence electrons. The second-order valence-corrected chi connectivity index (χ2v) is 17.3. The molecule has 5 rings (SSSR count). The molecule has 5 heterocycles. The van der Waals surface area contributed by atoms with Crippen LogP contribution in [0.5, 0.6) is 0 Å². The highest BCUT2D eigenvalue weighted by Gasteiger charge is 2.63. The summed E-state index contributed by atoms with van der Waals surface area (Å²) in [6.07, 6.45) is 4.05. The van der Waals surface area contributed by atoms with Gasteiger partial charge in [0.05, 0.1) is 49.4 Å². The van der Waals surface area contributed by atoms with Crippen molar-refractivity contribution in [2.45, 2.75) is 141 Å². The first-order valence-corrected chi connectivity index (χ1v) is 18.9. The normalized spacial score (nSPS) is 23.0. The van der Waals surface area contributed by atoms with Crippen molar-refractivity contribution < 1.29 is 27.9 Å². The Morgan fingerprint density at radius 1 is 0.522 bits per heavy atom. The van der Waals surface area contributed by atoms with Gasteiger partial charge >= 0.3 is 21.1 Å². The Labute approximate surface area is 295 Å². The lowest BCUT2D eigenvalue weighted by molar-refractivity contribution is 0.00578. The van der Waals surface area contributed by atoms with Gasteiger partial charge in [-0.05, 0) is 144 Å². The predicted octanol–water partition coefficient (Wildman–Crippen LogP) is 7.53. The molecule has 0 amide bonds. The molecule has 3 aliphatic rings. The number of hydrogen-bond donors (Lipinski definition) is 0. The van der Waals surface area contributed by atoms with Gasteiger partial charge < -0.3 is 27.9 Å². The Morgan fingerprint density at radius 3 is 1.17 bits per heavy atom. The zero-order valence-electron chi connectivity index (χ0n) is 30.6. The molecule has 0 radical (unpaired) electrons. The smallest absolute Gasteiger partial charge is 0.405 e. The minimum Gasteiger partial charge on any atom is -0.405 e. The van der Waals surface area contributed by atoms with Gasteiger partial charge in [-0.25, -0.2) is 9.97 Å². The average molecular weight is 737 g/mol. The highest BCUT2D eigenvalue weighted by Crippen LogP contribution is 2.43. The first-order chi connectivity index (χ1) is 20.9. The minimum absolute atomic E-state index is 0.303. The fourth-order valence-electron chi connectivity index (χ4n) is 4.52. The molecule has 0 spiro atoms. The van der Waals surface area contributed by atoms with Gasteiger partial charge in [0.2, 0.25) is 0 Å². The summed E-state index contributed by atoms with van der Waals surface area (Å²) in [5.74, 6) is 0. The zero-order valence-corrected chi connectivity index (χ0v) is 33.8. The SMILES string of the molecule is CC1(C)OB(B2OC(C)(C)C(C)(C)O2)OC1(C)C.CSc1ccc(B2OC(C)(C)C(C)(C)O2)c(C)n1.CSc1ccc(Br)c(C)n1. The summed E-state index contributed by atoms with van der Waals surface area (Å²) in [5.41, 5.74) is 0.994. The molecule has 3 aliphatic heterocycles. The van der Waals surface area contributed by atoms with E-state index in [1.54, 1.807) is 23.5 Å². The third-order valence-electron chi connectivity index (χ3n) is 9.79. The van der Waals surface area contributed by atoms with Gasteiger partial charge in [-0.1, -0.05) is 6.07 Å². The molecule has 0 atom stereocenters. The van der Waals surface area contributed by atoms with Crippen LogP contribution in [0, 0.1) is 13.8 Å². The number of halogens is 1. The third-order valence-corrected chi connectivity index (χ3v) is 11.9. The van der Waals surface area contributed by atoms with Gasteiger partial charge in [0.1, 0.15) is 0 Å². The largest absolute Gasteiger partial charge is 0.496 e. The molecule has 0 N–H and O–H groups in total. The summed E-state index contributed by atoms with van der Waals surface area (Å²) in [5, 5.41) is 2.09. The van der Waals surface area contributed by atoms with Crippen molar-refractivity contribution in [1.82, 2.24) is 9.97 Å². The molecule has 46 heavy (non-hydrogen) atoms. The molecular formula is C32H52B3BrN2O6S2. The van der Waals surface area contributed by atoms with Crippen LogP contribution in [0.2, 0.25) is 0 Å². The topological polar surface area (TPSA) is 81.2 Å². The quantitative estimate of drug-likeness (QED) is 0.232. The van der Waals surface area contributed by atoms with Crippen LogP contribution in [0.1, 0.15) is 94.5 Å². The van der Waals surface area contributed by atoms with Crippen LogP contribution in [0.25, 0.3) is 0 Å². The number of aryl methyl sites for hydroxylation is 2. The van der Waals surface area contributed by atoms with Crippen LogP contribution in [-0.2, 0) is 27.9 Å². The lowest BCUT2D eigenvalue weighted by Gasteiger charge is -2.32. The summed E-state index contributed by atoms with van der Waals surface area (Å²) < 4.78 is 37.0. The monoisotopic (exact) mass is 736 g/mol. The summed E-state index contributed by atoms with van der Waals surface area (Å²) >= 11 is 6.69. The van der Waals surface area contributed by atoms with Crippen molar-refractivity contribution in [3.8, 4) is 0 Å². The van der Waals surface area contributed by atoms with E-state index in [9.17, 15) is 0 Å². The molecular weight excluding hydrogens is 685 g/mol. The Balaban J connectivity index is 0.000000196. The second kappa shape index (κ2) is 14.3. The summed E-state index contributed by atoms with van der Waals surface area (Å²) in [6.45, 7) is 28.4. The maximum Gasteiger partial charge on any atom is 0.496 e. The molecule has 0 aliphatic carbocycles. The van der Waals surface area contributed by atoms with Crippen molar-refractivity contribution in [1.29, 1.82) is 0 Å². The van der Waals surface area contributed by atoms with Crippen LogP contribution in [0.3, 0.4) is 0 Å².